The van der Waals surface area contributed by atoms with E-state index in [0.717, 1.165) is 9.87 Å². The number of hydrogen-bond acceptors (Lipinski definition) is 4. The summed E-state index contributed by atoms with van der Waals surface area (Å²) in [5.41, 5.74) is 1.15. The highest BCUT2D eigenvalue weighted by Crippen LogP contribution is 2.29. The Labute approximate surface area is 169 Å². The molecule has 6 nitrogen and oxygen atoms in total. The molecule has 2 rings (SSSR count). The fourth-order valence-corrected chi connectivity index (χ4v) is 3.89. The van der Waals surface area contributed by atoms with Crippen LogP contribution in [0.25, 0.3) is 0 Å². The molecule has 146 valence electrons. The van der Waals surface area contributed by atoms with E-state index >= 15 is 0 Å². The molecule has 0 heterocycles. The van der Waals surface area contributed by atoms with Crippen molar-refractivity contribution in [1.29, 1.82) is 0 Å². The third-order valence-corrected chi connectivity index (χ3v) is 6.21. The molecule has 0 aliphatic heterocycles. The number of nitrogens with zero attached hydrogens (tertiary/aromatic N) is 2. The van der Waals surface area contributed by atoms with Crippen LogP contribution in [0.5, 0.6) is 0 Å². The Morgan fingerprint density at radius 1 is 1.04 bits per heavy atom. The molecule has 0 aromatic heterocycles. The lowest BCUT2D eigenvalue weighted by Gasteiger charge is -2.18. The summed E-state index contributed by atoms with van der Waals surface area (Å²) in [5, 5.41) is 3.42. The summed E-state index contributed by atoms with van der Waals surface area (Å²) in [7, 11) is 1.23. The number of para-hydroxylation sites is 1. The van der Waals surface area contributed by atoms with Crippen molar-refractivity contribution in [3.05, 3.63) is 58.1 Å². The van der Waals surface area contributed by atoms with Gasteiger partial charge in [0.05, 0.1) is 27.2 Å². The predicted molar refractivity (Wildman–Crippen MR) is 109 cm³/mol. The molecule has 1 amide bonds. The first-order chi connectivity index (χ1) is 12.6. The highest BCUT2D eigenvalue weighted by molar-refractivity contribution is 7.89. The summed E-state index contributed by atoms with van der Waals surface area (Å²) in [6.45, 7) is 0.493. The second-order valence-electron chi connectivity index (χ2n) is 6.25. The summed E-state index contributed by atoms with van der Waals surface area (Å²) < 4.78 is 25.6. The standard InChI is InChI=1S/C18H21Cl2N3O3S/c1-22(2)27(25,26)14-7-4-6-13(10-14)11-23(3)12-17(24)21-18-15(19)8-5-9-16(18)20/h4-10H,11-12H2,1-3H3,(H,21,24). The minimum absolute atomic E-state index is 0.0895. The van der Waals surface area contributed by atoms with Crippen LogP contribution in [0.1, 0.15) is 5.56 Å². The van der Waals surface area contributed by atoms with Gasteiger partial charge in [-0.05, 0) is 36.9 Å². The molecule has 0 bridgehead atoms. The Kier molecular flexibility index (Phi) is 7.25. The lowest BCUT2D eigenvalue weighted by molar-refractivity contribution is -0.117. The zero-order valence-electron chi connectivity index (χ0n) is 15.2. The molecule has 2 aromatic rings. The van der Waals surface area contributed by atoms with E-state index in [1.807, 2.05) is 6.07 Å². The van der Waals surface area contributed by atoms with Gasteiger partial charge in [0, 0.05) is 20.6 Å². The largest absolute Gasteiger partial charge is 0.322 e. The maximum atomic E-state index is 12.3. The molecule has 0 unspecified atom stereocenters. The van der Waals surface area contributed by atoms with Crippen LogP contribution >= 0.6 is 23.2 Å². The molecule has 0 saturated carbocycles. The number of sulfonamides is 1. The molecule has 9 heteroatoms. The third kappa shape index (κ3) is 5.67. The summed E-state index contributed by atoms with van der Waals surface area (Å²) >= 11 is 12.1. The quantitative estimate of drug-likeness (QED) is 0.732. The molecule has 0 aliphatic rings. The average molecular weight is 430 g/mol. The number of likely N-dealkylation sites (N-methyl/N-ethyl adjacent to an activating group) is 1. The van der Waals surface area contributed by atoms with Crippen molar-refractivity contribution in [1.82, 2.24) is 9.21 Å². The van der Waals surface area contributed by atoms with Crippen LogP contribution in [0, 0.1) is 0 Å². The Hall–Kier alpha value is -1.64. The molecule has 0 fully saturated rings. The monoisotopic (exact) mass is 429 g/mol. The van der Waals surface area contributed by atoms with E-state index in [-0.39, 0.29) is 17.3 Å². The van der Waals surface area contributed by atoms with E-state index in [1.165, 1.54) is 14.1 Å². The van der Waals surface area contributed by atoms with Gasteiger partial charge in [0.25, 0.3) is 0 Å². The minimum Gasteiger partial charge on any atom is -0.322 e. The molecule has 27 heavy (non-hydrogen) atoms. The van der Waals surface area contributed by atoms with Gasteiger partial charge >= 0.3 is 0 Å². The lowest BCUT2D eigenvalue weighted by atomic mass is 10.2. The highest BCUT2D eigenvalue weighted by Gasteiger charge is 2.18. The van der Waals surface area contributed by atoms with Gasteiger partial charge in [0.2, 0.25) is 15.9 Å². The fraction of sp³-hybridized carbons (Fsp3) is 0.278. The van der Waals surface area contributed by atoms with E-state index in [2.05, 4.69) is 5.32 Å². The second kappa shape index (κ2) is 9.03. The van der Waals surface area contributed by atoms with Gasteiger partial charge in [-0.15, -0.1) is 0 Å². The number of nitrogens with one attached hydrogen (secondary N) is 1. The first-order valence-electron chi connectivity index (χ1n) is 8.05. The number of carbonyl (C=O) groups excluding carboxylic acids is 1. The van der Waals surface area contributed by atoms with Crippen LogP contribution < -0.4 is 5.32 Å². The van der Waals surface area contributed by atoms with Crippen LogP contribution in [-0.2, 0) is 21.4 Å². The number of benzene rings is 2. The van der Waals surface area contributed by atoms with E-state index in [1.54, 1.807) is 48.3 Å². The van der Waals surface area contributed by atoms with Crippen molar-refractivity contribution in [3.63, 3.8) is 0 Å². The SMILES string of the molecule is CN(CC(=O)Nc1c(Cl)cccc1Cl)Cc1cccc(S(=O)(=O)N(C)C)c1. The van der Waals surface area contributed by atoms with Crippen molar-refractivity contribution >= 4 is 44.8 Å². The Morgan fingerprint density at radius 2 is 1.63 bits per heavy atom. The first-order valence-corrected chi connectivity index (χ1v) is 10.2. The van der Waals surface area contributed by atoms with Crippen LogP contribution in [0.2, 0.25) is 10.0 Å². The number of amides is 1. The zero-order valence-corrected chi connectivity index (χ0v) is 17.6. The molecular weight excluding hydrogens is 409 g/mol. The molecule has 2 aromatic carbocycles. The molecular formula is C18H21Cl2N3O3S. The van der Waals surface area contributed by atoms with E-state index in [4.69, 9.17) is 23.2 Å². The molecule has 0 spiro atoms. The fourth-order valence-electron chi connectivity index (χ4n) is 2.42. The van der Waals surface area contributed by atoms with Gasteiger partial charge in [-0.25, -0.2) is 12.7 Å². The Morgan fingerprint density at radius 3 is 2.22 bits per heavy atom. The van der Waals surface area contributed by atoms with Crippen LogP contribution in [0.4, 0.5) is 5.69 Å². The normalized spacial score (nSPS) is 11.8. The summed E-state index contributed by atoms with van der Waals surface area (Å²) in [6, 6.07) is 11.6. The topological polar surface area (TPSA) is 69.7 Å². The summed E-state index contributed by atoms with van der Waals surface area (Å²) in [6.07, 6.45) is 0. The van der Waals surface area contributed by atoms with Gasteiger partial charge in [0.15, 0.2) is 0 Å². The Balaban J connectivity index is 2.04. The van der Waals surface area contributed by atoms with Gasteiger partial charge in [0.1, 0.15) is 0 Å². The first kappa shape index (κ1) is 21.7. The zero-order chi connectivity index (χ0) is 20.2. The Bertz CT molecular complexity index is 913. The number of carbonyl (C=O) groups is 1. The van der Waals surface area contributed by atoms with Crippen LogP contribution in [0.15, 0.2) is 47.4 Å². The lowest BCUT2D eigenvalue weighted by Crippen LogP contribution is -2.30. The maximum Gasteiger partial charge on any atom is 0.242 e. The van der Waals surface area contributed by atoms with Crippen molar-refractivity contribution in [2.45, 2.75) is 11.4 Å². The highest BCUT2D eigenvalue weighted by atomic mass is 35.5. The smallest absolute Gasteiger partial charge is 0.242 e. The van der Waals surface area contributed by atoms with Crippen molar-refractivity contribution in [2.75, 3.05) is 33.0 Å². The van der Waals surface area contributed by atoms with Crippen molar-refractivity contribution in [2.24, 2.45) is 0 Å². The molecule has 0 radical (unpaired) electrons. The van der Waals surface area contributed by atoms with Gasteiger partial charge < -0.3 is 5.32 Å². The third-order valence-electron chi connectivity index (χ3n) is 3.77. The number of anilines is 1. The minimum atomic E-state index is -3.50. The van der Waals surface area contributed by atoms with Gasteiger partial charge in [-0.2, -0.15) is 0 Å². The molecule has 0 atom stereocenters. The van der Waals surface area contributed by atoms with Crippen LogP contribution in [0.3, 0.4) is 0 Å². The second-order valence-corrected chi connectivity index (χ2v) is 9.22. The van der Waals surface area contributed by atoms with E-state index in [0.29, 0.717) is 22.3 Å². The molecule has 0 saturated heterocycles. The average Bonchev–Trinajstić information content (AvgIpc) is 2.58. The number of halogens is 2. The van der Waals surface area contributed by atoms with Crippen molar-refractivity contribution in [3.8, 4) is 0 Å². The molecule has 1 N–H and O–H groups in total. The maximum absolute atomic E-state index is 12.3. The van der Waals surface area contributed by atoms with Gasteiger partial charge in [-0.3, -0.25) is 9.69 Å². The molecule has 0 aliphatic carbocycles. The summed E-state index contributed by atoms with van der Waals surface area (Å²) in [5.74, 6) is -0.274. The number of hydrogen-bond donors (Lipinski definition) is 1. The summed E-state index contributed by atoms with van der Waals surface area (Å²) in [4.78, 5) is 14.2. The van der Waals surface area contributed by atoms with E-state index < -0.39 is 10.0 Å². The van der Waals surface area contributed by atoms with Crippen LogP contribution in [-0.4, -0.2) is 51.2 Å². The number of rotatable bonds is 7. The van der Waals surface area contributed by atoms with Gasteiger partial charge in [-0.1, -0.05) is 41.4 Å². The van der Waals surface area contributed by atoms with Crippen molar-refractivity contribution < 1.29 is 13.2 Å². The predicted octanol–water partition coefficient (Wildman–Crippen LogP) is 3.31. The van der Waals surface area contributed by atoms with E-state index in [9.17, 15) is 13.2 Å².